The van der Waals surface area contributed by atoms with Crippen molar-refractivity contribution in [3.63, 3.8) is 0 Å². The van der Waals surface area contributed by atoms with E-state index in [1.807, 2.05) is 11.0 Å². The maximum absolute atomic E-state index is 13.2. The fourth-order valence-corrected chi connectivity index (χ4v) is 2.54. The molecule has 1 aromatic carbocycles. The van der Waals surface area contributed by atoms with E-state index in [-0.39, 0.29) is 18.4 Å². The SMILES string of the molecule is C[C@@H]1C[C@@H](c2cccc(F)c2)N(CC(=O)O)C1. The van der Waals surface area contributed by atoms with Gasteiger partial charge in [0.15, 0.2) is 0 Å². The van der Waals surface area contributed by atoms with E-state index >= 15 is 0 Å². The fraction of sp³-hybridized carbons (Fsp3) is 0.462. The molecule has 1 saturated heterocycles. The second-order valence-electron chi connectivity index (χ2n) is 4.73. The van der Waals surface area contributed by atoms with Crippen LogP contribution in [0.1, 0.15) is 24.9 Å². The van der Waals surface area contributed by atoms with E-state index in [0.717, 1.165) is 18.5 Å². The van der Waals surface area contributed by atoms with E-state index in [9.17, 15) is 9.18 Å². The maximum atomic E-state index is 13.2. The third-order valence-corrected chi connectivity index (χ3v) is 3.18. The van der Waals surface area contributed by atoms with Crippen molar-refractivity contribution in [3.05, 3.63) is 35.6 Å². The largest absolute Gasteiger partial charge is 0.480 e. The first-order chi connectivity index (χ1) is 8.06. The molecule has 4 heteroatoms. The molecule has 2 atom stereocenters. The van der Waals surface area contributed by atoms with Gasteiger partial charge in [-0.3, -0.25) is 9.69 Å². The first-order valence-electron chi connectivity index (χ1n) is 5.77. The Balaban J connectivity index is 2.20. The lowest BCUT2D eigenvalue weighted by Gasteiger charge is -2.22. The second-order valence-corrected chi connectivity index (χ2v) is 4.73. The number of nitrogens with zero attached hydrogens (tertiary/aromatic N) is 1. The van der Waals surface area contributed by atoms with E-state index in [1.165, 1.54) is 12.1 Å². The standard InChI is InChI=1S/C13H16FNO2/c1-9-5-12(15(7-9)8-13(16)17)10-3-2-4-11(14)6-10/h2-4,6,9,12H,5,7-8H2,1H3,(H,16,17)/t9-,12+/m1/s1. The van der Waals surface area contributed by atoms with Crippen LogP contribution in [0.2, 0.25) is 0 Å². The molecule has 0 saturated carbocycles. The summed E-state index contributed by atoms with van der Waals surface area (Å²) in [6.07, 6.45) is 0.886. The smallest absolute Gasteiger partial charge is 0.317 e. The van der Waals surface area contributed by atoms with Crippen LogP contribution < -0.4 is 0 Å². The molecular formula is C13H16FNO2. The molecule has 0 radical (unpaired) electrons. The van der Waals surface area contributed by atoms with Gasteiger partial charge < -0.3 is 5.11 Å². The van der Waals surface area contributed by atoms with Crippen LogP contribution in [0, 0.1) is 11.7 Å². The van der Waals surface area contributed by atoms with Gasteiger partial charge in [0.25, 0.3) is 0 Å². The zero-order chi connectivity index (χ0) is 12.4. The van der Waals surface area contributed by atoms with Gasteiger partial charge in [-0.1, -0.05) is 19.1 Å². The number of carboxylic acid groups (broad SMARTS) is 1. The van der Waals surface area contributed by atoms with Gasteiger partial charge in [-0.15, -0.1) is 0 Å². The van der Waals surface area contributed by atoms with Crippen molar-refractivity contribution in [2.75, 3.05) is 13.1 Å². The first-order valence-corrected chi connectivity index (χ1v) is 5.77. The number of hydrogen-bond donors (Lipinski definition) is 1. The van der Waals surface area contributed by atoms with Crippen molar-refractivity contribution < 1.29 is 14.3 Å². The Labute approximate surface area is 99.9 Å². The van der Waals surface area contributed by atoms with Crippen molar-refractivity contribution >= 4 is 5.97 Å². The normalized spacial score (nSPS) is 25.1. The summed E-state index contributed by atoms with van der Waals surface area (Å²) in [5.74, 6) is -0.652. The Morgan fingerprint density at radius 1 is 1.59 bits per heavy atom. The molecule has 0 unspecified atom stereocenters. The summed E-state index contributed by atoms with van der Waals surface area (Å²) in [7, 11) is 0. The number of carboxylic acids is 1. The third-order valence-electron chi connectivity index (χ3n) is 3.18. The highest BCUT2D eigenvalue weighted by Crippen LogP contribution is 2.34. The molecule has 0 bridgehead atoms. The molecule has 0 aromatic heterocycles. The zero-order valence-electron chi connectivity index (χ0n) is 9.77. The summed E-state index contributed by atoms with van der Waals surface area (Å²) in [5, 5.41) is 8.86. The van der Waals surface area contributed by atoms with Gasteiger partial charge in [0.1, 0.15) is 5.82 Å². The van der Waals surface area contributed by atoms with Crippen LogP contribution in [0.4, 0.5) is 4.39 Å². The molecule has 17 heavy (non-hydrogen) atoms. The Bertz CT molecular complexity index is 422. The molecule has 0 amide bonds. The van der Waals surface area contributed by atoms with Gasteiger partial charge in [0.2, 0.25) is 0 Å². The highest BCUT2D eigenvalue weighted by Gasteiger charge is 2.31. The molecule has 1 N–H and O–H groups in total. The predicted octanol–water partition coefficient (Wildman–Crippen LogP) is 2.29. The van der Waals surface area contributed by atoms with Gasteiger partial charge in [-0.2, -0.15) is 0 Å². The van der Waals surface area contributed by atoms with Crippen molar-refractivity contribution in [2.24, 2.45) is 5.92 Å². The van der Waals surface area contributed by atoms with Crippen molar-refractivity contribution in [2.45, 2.75) is 19.4 Å². The Morgan fingerprint density at radius 3 is 3.00 bits per heavy atom. The minimum absolute atomic E-state index is 0.0194. The van der Waals surface area contributed by atoms with Gasteiger partial charge in [0.05, 0.1) is 6.54 Å². The summed E-state index contributed by atoms with van der Waals surface area (Å²) in [6.45, 7) is 2.87. The molecule has 0 aliphatic carbocycles. The molecular weight excluding hydrogens is 221 g/mol. The minimum atomic E-state index is -0.833. The number of aliphatic carboxylic acids is 1. The van der Waals surface area contributed by atoms with Crippen LogP contribution in [-0.2, 0) is 4.79 Å². The molecule has 1 heterocycles. The topological polar surface area (TPSA) is 40.5 Å². The summed E-state index contributed by atoms with van der Waals surface area (Å²) in [5.41, 5.74) is 0.871. The maximum Gasteiger partial charge on any atom is 0.317 e. The van der Waals surface area contributed by atoms with Crippen LogP contribution >= 0.6 is 0 Å². The van der Waals surface area contributed by atoms with Crippen molar-refractivity contribution in [1.29, 1.82) is 0 Å². The van der Waals surface area contributed by atoms with E-state index in [2.05, 4.69) is 6.92 Å². The quantitative estimate of drug-likeness (QED) is 0.876. The number of rotatable bonds is 3. The molecule has 0 spiro atoms. The van der Waals surface area contributed by atoms with Gasteiger partial charge in [0, 0.05) is 12.6 Å². The van der Waals surface area contributed by atoms with E-state index in [4.69, 9.17) is 5.11 Å². The highest BCUT2D eigenvalue weighted by molar-refractivity contribution is 5.69. The number of benzene rings is 1. The molecule has 3 nitrogen and oxygen atoms in total. The average molecular weight is 237 g/mol. The molecule has 2 rings (SSSR count). The molecule has 92 valence electrons. The van der Waals surface area contributed by atoms with Gasteiger partial charge in [-0.25, -0.2) is 4.39 Å². The number of hydrogen-bond acceptors (Lipinski definition) is 2. The third kappa shape index (κ3) is 2.82. The predicted molar refractivity (Wildman–Crippen MR) is 62.1 cm³/mol. The van der Waals surface area contributed by atoms with Crippen molar-refractivity contribution in [3.8, 4) is 0 Å². The molecule has 1 aromatic rings. The zero-order valence-corrected chi connectivity index (χ0v) is 9.77. The first kappa shape index (κ1) is 12.0. The summed E-state index contributed by atoms with van der Waals surface area (Å²) in [4.78, 5) is 12.7. The monoisotopic (exact) mass is 237 g/mol. The highest BCUT2D eigenvalue weighted by atomic mass is 19.1. The van der Waals surface area contributed by atoms with Crippen LogP contribution in [-0.4, -0.2) is 29.1 Å². The number of likely N-dealkylation sites (tertiary alicyclic amines) is 1. The minimum Gasteiger partial charge on any atom is -0.480 e. The number of carbonyl (C=O) groups is 1. The lowest BCUT2D eigenvalue weighted by atomic mass is 10.0. The lowest BCUT2D eigenvalue weighted by Crippen LogP contribution is -2.29. The second kappa shape index (κ2) is 4.84. The Hall–Kier alpha value is -1.42. The van der Waals surface area contributed by atoms with E-state index in [0.29, 0.717) is 5.92 Å². The average Bonchev–Trinajstić information content (AvgIpc) is 2.58. The van der Waals surface area contributed by atoms with Crippen molar-refractivity contribution in [1.82, 2.24) is 4.90 Å². The molecule has 1 aliphatic rings. The summed E-state index contributed by atoms with van der Waals surface area (Å²) in [6, 6.07) is 6.46. The fourth-order valence-electron chi connectivity index (χ4n) is 2.54. The van der Waals surface area contributed by atoms with Crippen LogP contribution in [0.3, 0.4) is 0 Å². The number of halogens is 1. The van der Waals surface area contributed by atoms with E-state index < -0.39 is 5.97 Å². The van der Waals surface area contributed by atoms with Crippen LogP contribution in [0.5, 0.6) is 0 Å². The summed E-state index contributed by atoms with van der Waals surface area (Å²) < 4.78 is 13.2. The van der Waals surface area contributed by atoms with Crippen LogP contribution in [0.25, 0.3) is 0 Å². The molecule has 1 aliphatic heterocycles. The van der Waals surface area contributed by atoms with E-state index in [1.54, 1.807) is 6.07 Å². The Morgan fingerprint density at radius 2 is 2.35 bits per heavy atom. The summed E-state index contributed by atoms with van der Waals surface area (Å²) >= 11 is 0. The molecule has 1 fully saturated rings. The van der Waals surface area contributed by atoms with Crippen LogP contribution in [0.15, 0.2) is 24.3 Å². The lowest BCUT2D eigenvalue weighted by molar-refractivity contribution is -0.138. The Kier molecular flexibility index (Phi) is 3.43. The van der Waals surface area contributed by atoms with Gasteiger partial charge in [-0.05, 0) is 30.0 Å². The van der Waals surface area contributed by atoms with Gasteiger partial charge >= 0.3 is 5.97 Å².